The maximum atomic E-state index is 13.0. The Morgan fingerprint density at radius 1 is 1.15 bits per heavy atom. The number of carboxylic acid groups (broad SMARTS) is 1. The first-order valence-corrected chi connectivity index (χ1v) is 5.80. The molecule has 2 rings (SSSR count). The molecular weight excluding hydrogens is 264 g/mol. The molecule has 0 bridgehead atoms. The molecule has 2 aromatic rings. The number of hydrogen-bond donors (Lipinski definition) is 1. The van der Waals surface area contributed by atoms with Gasteiger partial charge in [-0.1, -0.05) is 6.07 Å². The lowest BCUT2D eigenvalue weighted by Crippen LogP contribution is -1.96. The number of aliphatic imine (C=N–C) groups is 1. The topological polar surface area (TPSA) is 49.7 Å². The van der Waals surface area contributed by atoms with Crippen molar-refractivity contribution < 1.29 is 18.7 Å². The Kier molecular flexibility index (Phi) is 3.89. The molecule has 0 saturated heterocycles. The molecule has 0 atom stereocenters. The second-order valence-corrected chi connectivity index (χ2v) is 4.24. The summed E-state index contributed by atoms with van der Waals surface area (Å²) in [5, 5.41) is 8.85. The third-order valence-electron chi connectivity index (χ3n) is 2.74. The SMILES string of the molecule is Cc1cc(C(=O)O)ccc1N=Cc1ccc(F)c(F)c1. The number of aromatic carboxylic acids is 1. The van der Waals surface area contributed by atoms with E-state index in [1.165, 1.54) is 24.4 Å². The fourth-order valence-electron chi connectivity index (χ4n) is 1.67. The van der Waals surface area contributed by atoms with Crippen LogP contribution in [0.15, 0.2) is 41.4 Å². The Bertz CT molecular complexity index is 696. The van der Waals surface area contributed by atoms with E-state index in [0.29, 0.717) is 16.8 Å². The number of halogens is 2. The number of rotatable bonds is 3. The van der Waals surface area contributed by atoms with Crippen LogP contribution in [0.3, 0.4) is 0 Å². The van der Waals surface area contributed by atoms with Gasteiger partial charge in [0.2, 0.25) is 0 Å². The van der Waals surface area contributed by atoms with Crippen molar-refractivity contribution in [2.45, 2.75) is 6.92 Å². The summed E-state index contributed by atoms with van der Waals surface area (Å²) in [5.41, 5.74) is 1.85. The summed E-state index contributed by atoms with van der Waals surface area (Å²) >= 11 is 0. The van der Waals surface area contributed by atoms with E-state index in [9.17, 15) is 13.6 Å². The minimum absolute atomic E-state index is 0.175. The Hall–Kier alpha value is -2.56. The van der Waals surface area contributed by atoms with Crippen molar-refractivity contribution in [3.63, 3.8) is 0 Å². The highest BCUT2D eigenvalue weighted by Crippen LogP contribution is 2.20. The average molecular weight is 275 g/mol. The summed E-state index contributed by atoms with van der Waals surface area (Å²) in [4.78, 5) is 14.9. The number of hydrogen-bond acceptors (Lipinski definition) is 2. The van der Waals surface area contributed by atoms with Gasteiger partial charge in [-0.15, -0.1) is 0 Å². The van der Waals surface area contributed by atoms with Gasteiger partial charge in [0.15, 0.2) is 11.6 Å². The van der Waals surface area contributed by atoms with Crippen molar-refractivity contribution in [3.05, 3.63) is 64.7 Å². The van der Waals surface area contributed by atoms with Gasteiger partial charge in [-0.05, 0) is 48.4 Å². The second-order valence-electron chi connectivity index (χ2n) is 4.24. The first-order valence-electron chi connectivity index (χ1n) is 5.80. The molecule has 0 heterocycles. The molecule has 0 aliphatic rings. The van der Waals surface area contributed by atoms with E-state index in [1.807, 2.05) is 0 Å². The summed E-state index contributed by atoms with van der Waals surface area (Å²) in [5.74, 6) is -2.86. The maximum Gasteiger partial charge on any atom is 0.335 e. The summed E-state index contributed by atoms with van der Waals surface area (Å²) in [6.45, 7) is 1.73. The van der Waals surface area contributed by atoms with Crippen LogP contribution >= 0.6 is 0 Å². The van der Waals surface area contributed by atoms with Gasteiger partial charge < -0.3 is 5.11 Å². The lowest BCUT2D eigenvalue weighted by Gasteiger charge is -2.02. The third-order valence-corrected chi connectivity index (χ3v) is 2.74. The van der Waals surface area contributed by atoms with Crippen LogP contribution in [0.5, 0.6) is 0 Å². The minimum Gasteiger partial charge on any atom is -0.478 e. The van der Waals surface area contributed by atoms with E-state index in [2.05, 4.69) is 4.99 Å². The van der Waals surface area contributed by atoms with Gasteiger partial charge >= 0.3 is 5.97 Å². The normalized spacial score (nSPS) is 10.9. The van der Waals surface area contributed by atoms with Crippen LogP contribution in [0, 0.1) is 18.6 Å². The largest absolute Gasteiger partial charge is 0.478 e. The third kappa shape index (κ3) is 3.06. The predicted octanol–water partition coefficient (Wildman–Crippen LogP) is 3.72. The summed E-state index contributed by atoms with van der Waals surface area (Å²) in [7, 11) is 0. The fraction of sp³-hybridized carbons (Fsp3) is 0.0667. The zero-order chi connectivity index (χ0) is 14.7. The molecule has 0 radical (unpaired) electrons. The Balaban J connectivity index is 2.27. The molecule has 0 aliphatic carbocycles. The molecule has 0 saturated carbocycles. The molecule has 0 fully saturated rings. The lowest BCUT2D eigenvalue weighted by atomic mass is 10.1. The average Bonchev–Trinajstić information content (AvgIpc) is 2.41. The molecule has 2 aromatic carbocycles. The van der Waals surface area contributed by atoms with Crippen molar-refractivity contribution >= 4 is 17.9 Å². The van der Waals surface area contributed by atoms with Crippen LogP contribution in [-0.4, -0.2) is 17.3 Å². The predicted molar refractivity (Wildman–Crippen MR) is 71.8 cm³/mol. The van der Waals surface area contributed by atoms with E-state index in [1.54, 1.807) is 13.0 Å². The van der Waals surface area contributed by atoms with E-state index in [-0.39, 0.29) is 5.56 Å². The quantitative estimate of drug-likeness (QED) is 0.868. The van der Waals surface area contributed by atoms with Crippen molar-refractivity contribution in [2.24, 2.45) is 4.99 Å². The highest BCUT2D eigenvalue weighted by Gasteiger charge is 2.05. The van der Waals surface area contributed by atoms with Gasteiger partial charge in [0, 0.05) is 6.21 Å². The number of carbonyl (C=O) groups is 1. The van der Waals surface area contributed by atoms with Crippen molar-refractivity contribution in [2.75, 3.05) is 0 Å². The number of aryl methyl sites for hydroxylation is 1. The summed E-state index contributed by atoms with van der Waals surface area (Å²) in [6.07, 6.45) is 1.39. The number of benzene rings is 2. The highest BCUT2D eigenvalue weighted by molar-refractivity contribution is 5.89. The summed E-state index contributed by atoms with van der Waals surface area (Å²) in [6, 6.07) is 7.97. The molecule has 0 aliphatic heterocycles. The van der Waals surface area contributed by atoms with E-state index in [4.69, 9.17) is 5.11 Å². The van der Waals surface area contributed by atoms with Crippen molar-refractivity contribution in [3.8, 4) is 0 Å². The van der Waals surface area contributed by atoms with E-state index < -0.39 is 17.6 Å². The molecule has 20 heavy (non-hydrogen) atoms. The molecule has 0 amide bonds. The fourth-order valence-corrected chi connectivity index (χ4v) is 1.67. The van der Waals surface area contributed by atoms with Gasteiger partial charge in [0.25, 0.3) is 0 Å². The molecule has 0 aromatic heterocycles. The molecule has 5 heteroatoms. The van der Waals surface area contributed by atoms with Gasteiger partial charge in [0.05, 0.1) is 11.3 Å². The minimum atomic E-state index is -1.01. The van der Waals surface area contributed by atoms with Crippen molar-refractivity contribution in [1.82, 2.24) is 0 Å². The standard InChI is InChI=1S/C15H11F2NO2/c1-9-6-11(15(19)20)3-5-14(9)18-8-10-2-4-12(16)13(17)7-10/h2-8H,1H3,(H,19,20). The van der Waals surface area contributed by atoms with Gasteiger partial charge in [-0.2, -0.15) is 0 Å². The van der Waals surface area contributed by atoms with Crippen LogP contribution in [0.4, 0.5) is 14.5 Å². The van der Waals surface area contributed by atoms with E-state index >= 15 is 0 Å². The zero-order valence-electron chi connectivity index (χ0n) is 10.6. The monoisotopic (exact) mass is 275 g/mol. The number of nitrogens with zero attached hydrogens (tertiary/aromatic N) is 1. The van der Waals surface area contributed by atoms with Crippen LogP contribution in [0.2, 0.25) is 0 Å². The van der Waals surface area contributed by atoms with Crippen molar-refractivity contribution in [1.29, 1.82) is 0 Å². The van der Waals surface area contributed by atoms with Gasteiger partial charge in [-0.25, -0.2) is 13.6 Å². The molecule has 102 valence electrons. The summed E-state index contributed by atoms with van der Waals surface area (Å²) < 4.78 is 25.8. The lowest BCUT2D eigenvalue weighted by molar-refractivity contribution is 0.0697. The second kappa shape index (κ2) is 5.61. The van der Waals surface area contributed by atoms with Crippen LogP contribution in [0.25, 0.3) is 0 Å². The Labute approximate surface area is 114 Å². The number of carboxylic acids is 1. The van der Waals surface area contributed by atoms with Crippen LogP contribution in [-0.2, 0) is 0 Å². The van der Waals surface area contributed by atoms with Gasteiger partial charge in [0.1, 0.15) is 0 Å². The molecular formula is C15H11F2NO2. The van der Waals surface area contributed by atoms with Crippen LogP contribution in [0.1, 0.15) is 21.5 Å². The van der Waals surface area contributed by atoms with E-state index in [0.717, 1.165) is 12.1 Å². The Morgan fingerprint density at radius 2 is 1.90 bits per heavy atom. The Morgan fingerprint density at radius 3 is 2.50 bits per heavy atom. The van der Waals surface area contributed by atoms with Gasteiger partial charge in [-0.3, -0.25) is 4.99 Å². The first kappa shape index (κ1) is 13.9. The maximum absolute atomic E-state index is 13.0. The zero-order valence-corrected chi connectivity index (χ0v) is 10.6. The molecule has 0 unspecified atom stereocenters. The molecule has 3 nitrogen and oxygen atoms in total. The first-order chi connectivity index (χ1) is 9.47. The van der Waals surface area contributed by atoms with Crippen LogP contribution < -0.4 is 0 Å². The molecule has 0 spiro atoms. The highest BCUT2D eigenvalue weighted by atomic mass is 19.2. The smallest absolute Gasteiger partial charge is 0.335 e. The molecule has 1 N–H and O–H groups in total.